The summed E-state index contributed by atoms with van der Waals surface area (Å²) in [6.07, 6.45) is 4.50. The summed E-state index contributed by atoms with van der Waals surface area (Å²) in [6.45, 7) is 10.6. The summed E-state index contributed by atoms with van der Waals surface area (Å²) >= 11 is 0. The van der Waals surface area contributed by atoms with Crippen LogP contribution in [0.3, 0.4) is 0 Å². The van der Waals surface area contributed by atoms with Gasteiger partial charge in [-0.15, -0.1) is 0 Å². The molecular formula is C29H36O6. The van der Waals surface area contributed by atoms with Crippen LogP contribution < -0.4 is 0 Å². The van der Waals surface area contributed by atoms with Gasteiger partial charge in [-0.3, -0.25) is 14.4 Å². The van der Waals surface area contributed by atoms with E-state index in [0.29, 0.717) is 30.4 Å². The van der Waals surface area contributed by atoms with Crippen LogP contribution >= 0.6 is 0 Å². The van der Waals surface area contributed by atoms with Crippen LogP contribution in [0.4, 0.5) is 0 Å². The second-order valence-corrected chi connectivity index (χ2v) is 10.7. The molecule has 1 saturated carbocycles. The summed E-state index contributed by atoms with van der Waals surface area (Å²) < 4.78 is 11.8. The van der Waals surface area contributed by atoms with Gasteiger partial charge < -0.3 is 9.47 Å². The smallest absolute Gasteiger partial charge is 0.338 e. The second kappa shape index (κ2) is 10.3. The first-order valence-corrected chi connectivity index (χ1v) is 12.2. The summed E-state index contributed by atoms with van der Waals surface area (Å²) in [5.41, 5.74) is -0.353. The Balaban J connectivity index is 2.11. The van der Waals surface area contributed by atoms with Crippen LogP contribution in [0.2, 0.25) is 0 Å². The van der Waals surface area contributed by atoms with Crippen LogP contribution in [0.1, 0.15) is 77.6 Å². The third-order valence-corrected chi connectivity index (χ3v) is 7.28. The largest absolute Gasteiger partial charge is 0.458 e. The quantitative estimate of drug-likeness (QED) is 0.425. The topological polar surface area (TPSA) is 86.7 Å². The lowest BCUT2D eigenvalue weighted by molar-refractivity contribution is -0.168. The molecule has 1 aromatic carbocycles. The molecule has 1 aromatic rings. The van der Waals surface area contributed by atoms with Crippen molar-refractivity contribution < 1.29 is 28.7 Å². The first-order chi connectivity index (χ1) is 16.4. The van der Waals surface area contributed by atoms with Gasteiger partial charge in [-0.2, -0.15) is 0 Å². The first-order valence-electron chi connectivity index (χ1n) is 12.2. The van der Waals surface area contributed by atoms with Gasteiger partial charge in [-0.05, 0) is 50.3 Å². The fourth-order valence-corrected chi connectivity index (χ4v) is 5.18. The Morgan fingerprint density at radius 1 is 1.03 bits per heavy atom. The molecule has 3 rings (SSSR count). The summed E-state index contributed by atoms with van der Waals surface area (Å²) in [5, 5.41) is 0. The van der Waals surface area contributed by atoms with Crippen molar-refractivity contribution in [3.8, 4) is 0 Å². The van der Waals surface area contributed by atoms with Crippen LogP contribution in [-0.2, 0) is 23.9 Å². The van der Waals surface area contributed by atoms with Crippen LogP contribution in [0.5, 0.6) is 0 Å². The molecule has 0 radical (unpaired) electrons. The number of rotatable bonds is 3. The SMILES string of the molecule is CC(=O)O[C@]12C[C@H](C)[C@H](OC(=O)c3ccccc3)[C@@H]1/C=C(\C)CCC(=O)C(C)(C)C/C=C(\C)C2=O. The number of Topliss-reactive ketones (excluding diaryl/α,β-unsaturated/α-hetero) is 2. The van der Waals surface area contributed by atoms with Gasteiger partial charge in [0.05, 0.1) is 11.5 Å². The number of carbonyl (C=O) groups is 4. The van der Waals surface area contributed by atoms with Crippen LogP contribution in [-0.4, -0.2) is 35.2 Å². The molecule has 6 heteroatoms. The molecule has 0 amide bonds. The molecule has 6 nitrogen and oxygen atoms in total. The zero-order chi connectivity index (χ0) is 26.0. The lowest BCUT2D eigenvalue weighted by Crippen LogP contribution is -2.48. The predicted molar refractivity (Wildman–Crippen MR) is 133 cm³/mol. The van der Waals surface area contributed by atoms with Crippen molar-refractivity contribution in [3.63, 3.8) is 0 Å². The van der Waals surface area contributed by atoms with E-state index in [9.17, 15) is 19.2 Å². The number of ether oxygens (including phenoxy) is 2. The zero-order valence-electron chi connectivity index (χ0n) is 21.6. The Morgan fingerprint density at radius 2 is 1.69 bits per heavy atom. The van der Waals surface area contributed by atoms with E-state index in [2.05, 4.69) is 0 Å². The number of carbonyl (C=O) groups excluding carboxylic acids is 4. The highest BCUT2D eigenvalue weighted by Gasteiger charge is 2.60. The highest BCUT2D eigenvalue weighted by Crippen LogP contribution is 2.48. The molecule has 188 valence electrons. The fraction of sp³-hybridized carbons (Fsp3) is 0.517. The minimum Gasteiger partial charge on any atom is -0.458 e. The molecule has 0 heterocycles. The maximum absolute atomic E-state index is 13.9. The molecule has 0 N–H and O–H groups in total. The van der Waals surface area contributed by atoms with E-state index >= 15 is 0 Å². The van der Waals surface area contributed by atoms with E-state index in [1.165, 1.54) is 6.92 Å². The number of ketones is 2. The Bertz CT molecular complexity index is 1060. The summed E-state index contributed by atoms with van der Waals surface area (Å²) in [5.74, 6) is -2.15. The van der Waals surface area contributed by atoms with E-state index < -0.39 is 35.0 Å². The lowest BCUT2D eigenvalue weighted by atomic mass is 9.77. The first kappa shape index (κ1) is 26.6. The molecule has 0 spiro atoms. The highest BCUT2D eigenvalue weighted by molar-refractivity contribution is 6.03. The molecule has 35 heavy (non-hydrogen) atoms. The minimum atomic E-state index is -1.48. The van der Waals surface area contributed by atoms with Crippen molar-refractivity contribution in [2.24, 2.45) is 17.3 Å². The van der Waals surface area contributed by atoms with Gasteiger partial charge in [-0.25, -0.2) is 4.79 Å². The van der Waals surface area contributed by atoms with E-state index in [1.54, 1.807) is 37.3 Å². The summed E-state index contributed by atoms with van der Waals surface area (Å²) in [7, 11) is 0. The zero-order valence-corrected chi connectivity index (χ0v) is 21.6. The number of hydrogen-bond donors (Lipinski definition) is 0. The van der Waals surface area contributed by atoms with Crippen molar-refractivity contribution in [2.75, 3.05) is 0 Å². The van der Waals surface area contributed by atoms with Crippen molar-refractivity contribution in [1.29, 1.82) is 0 Å². The maximum atomic E-state index is 13.9. The molecule has 0 bridgehead atoms. The monoisotopic (exact) mass is 480 g/mol. The number of esters is 2. The molecular weight excluding hydrogens is 444 g/mol. The lowest BCUT2D eigenvalue weighted by Gasteiger charge is -2.34. The molecule has 0 saturated heterocycles. The number of allylic oxidation sites excluding steroid dienone is 2. The number of hydrogen-bond acceptors (Lipinski definition) is 6. The van der Waals surface area contributed by atoms with E-state index in [-0.39, 0.29) is 23.9 Å². The van der Waals surface area contributed by atoms with E-state index in [0.717, 1.165) is 5.57 Å². The Hall–Kier alpha value is -3.02. The highest BCUT2D eigenvalue weighted by atomic mass is 16.6. The Labute approximate surface area is 207 Å². The molecule has 2 aliphatic rings. The molecule has 4 atom stereocenters. The van der Waals surface area contributed by atoms with E-state index in [1.807, 2.05) is 39.8 Å². The van der Waals surface area contributed by atoms with Gasteiger partial charge in [0.1, 0.15) is 11.9 Å². The molecule has 0 unspecified atom stereocenters. The third kappa shape index (κ3) is 5.63. The van der Waals surface area contributed by atoms with Crippen molar-refractivity contribution in [2.45, 2.75) is 78.9 Å². The van der Waals surface area contributed by atoms with Gasteiger partial charge in [0, 0.05) is 25.2 Å². The van der Waals surface area contributed by atoms with Gasteiger partial charge in [0.2, 0.25) is 5.78 Å². The summed E-state index contributed by atoms with van der Waals surface area (Å²) in [4.78, 5) is 52.1. The van der Waals surface area contributed by atoms with Crippen molar-refractivity contribution in [3.05, 3.63) is 59.2 Å². The second-order valence-electron chi connectivity index (χ2n) is 10.7. The molecule has 0 aromatic heterocycles. The van der Waals surface area contributed by atoms with Gasteiger partial charge in [-0.1, -0.05) is 56.7 Å². The molecule has 2 aliphatic carbocycles. The maximum Gasteiger partial charge on any atom is 0.338 e. The normalized spacial score (nSPS) is 32.1. The van der Waals surface area contributed by atoms with Crippen LogP contribution in [0.15, 0.2) is 53.6 Å². The van der Waals surface area contributed by atoms with Gasteiger partial charge in [0.25, 0.3) is 0 Å². The average Bonchev–Trinajstić information content (AvgIpc) is 3.05. The minimum absolute atomic E-state index is 0.125. The summed E-state index contributed by atoms with van der Waals surface area (Å²) in [6, 6.07) is 8.68. The van der Waals surface area contributed by atoms with Crippen molar-refractivity contribution >= 4 is 23.5 Å². The molecule has 0 aliphatic heterocycles. The standard InChI is InChI=1S/C29H36O6/c1-18-12-13-24(31)28(5,6)15-14-19(2)26(32)29(35-21(4)30)17-20(3)25(23(29)16-18)34-27(33)22-10-8-7-9-11-22/h7-11,14,16,20,23,25H,12-13,15,17H2,1-6H3/b18-16+,19-14+/t20-,23-,25-,29+/m0/s1. The van der Waals surface area contributed by atoms with Gasteiger partial charge >= 0.3 is 11.9 Å². The third-order valence-electron chi connectivity index (χ3n) is 7.28. The Kier molecular flexibility index (Phi) is 7.83. The molecule has 1 fully saturated rings. The predicted octanol–water partition coefficient (Wildman–Crippen LogP) is 5.41. The van der Waals surface area contributed by atoms with Crippen LogP contribution in [0.25, 0.3) is 0 Å². The fourth-order valence-electron chi connectivity index (χ4n) is 5.18. The van der Waals surface area contributed by atoms with Crippen LogP contribution in [0, 0.1) is 17.3 Å². The Morgan fingerprint density at radius 3 is 2.31 bits per heavy atom. The average molecular weight is 481 g/mol. The number of benzene rings is 1. The van der Waals surface area contributed by atoms with Crippen molar-refractivity contribution in [1.82, 2.24) is 0 Å². The van der Waals surface area contributed by atoms with Gasteiger partial charge in [0.15, 0.2) is 5.60 Å². The van der Waals surface area contributed by atoms with E-state index in [4.69, 9.17) is 9.47 Å². The number of fused-ring (bicyclic) bond motifs is 1.